The topological polar surface area (TPSA) is 55.8 Å². The molecule has 0 aliphatic carbocycles. The zero-order chi connectivity index (χ0) is 32.7. The molecular weight excluding hydrogens is 614 g/mol. The van der Waals surface area contributed by atoms with Crippen LogP contribution in [-0.4, -0.2) is 48.1 Å². The van der Waals surface area contributed by atoms with Crippen molar-refractivity contribution in [2.45, 2.75) is 76.8 Å². The van der Waals surface area contributed by atoms with Crippen LogP contribution in [0.3, 0.4) is 0 Å². The normalized spacial score (nSPS) is 13.1. The third-order valence-corrected chi connectivity index (χ3v) is 7.84. The van der Waals surface area contributed by atoms with E-state index in [1.54, 1.807) is 32.9 Å². The predicted molar refractivity (Wildman–Crippen MR) is 167 cm³/mol. The summed E-state index contributed by atoms with van der Waals surface area (Å²) in [7, 11) is 2.05. The number of carbonyl (C=O) groups excluding carboxylic acids is 2. The summed E-state index contributed by atoms with van der Waals surface area (Å²) in [5.74, 6) is -2.64. The van der Waals surface area contributed by atoms with E-state index in [0.717, 1.165) is 29.7 Å². The van der Waals surface area contributed by atoms with Gasteiger partial charge in [-0.2, -0.15) is 13.2 Å². The van der Waals surface area contributed by atoms with E-state index in [1.165, 1.54) is 12.1 Å². The van der Waals surface area contributed by atoms with Gasteiger partial charge >= 0.3 is 12.1 Å². The van der Waals surface area contributed by atoms with E-state index in [1.807, 2.05) is 48.5 Å². The number of hydrogen-bond donors (Lipinski definition) is 0. The summed E-state index contributed by atoms with van der Waals surface area (Å²) < 4.78 is 50.3. The van der Waals surface area contributed by atoms with Crippen molar-refractivity contribution in [3.05, 3.63) is 99.5 Å². The summed E-state index contributed by atoms with van der Waals surface area (Å²) in [6.07, 6.45) is -6.32. The number of ketones is 1. The summed E-state index contributed by atoms with van der Waals surface area (Å²) in [6.45, 7) is 7.83. The van der Waals surface area contributed by atoms with Gasteiger partial charge in [0.1, 0.15) is 11.4 Å². The second-order valence-electron chi connectivity index (χ2n) is 11.8. The molecule has 0 heterocycles. The number of esters is 1. The molecule has 3 aromatic rings. The maximum absolute atomic E-state index is 13.2. The van der Waals surface area contributed by atoms with Crippen LogP contribution in [0.1, 0.15) is 63.6 Å². The lowest BCUT2D eigenvalue weighted by Gasteiger charge is -2.40. The highest BCUT2D eigenvalue weighted by Crippen LogP contribution is 2.36. The van der Waals surface area contributed by atoms with Crippen LogP contribution in [0.25, 0.3) is 0 Å². The average molecular weight is 653 g/mol. The van der Waals surface area contributed by atoms with Crippen LogP contribution < -0.4 is 4.74 Å². The number of nitrogens with zero attached hydrogens (tertiary/aromatic N) is 1. The summed E-state index contributed by atoms with van der Waals surface area (Å²) in [5, 5.41) is 1.30. The van der Waals surface area contributed by atoms with E-state index in [9.17, 15) is 22.8 Å². The molecule has 3 rings (SSSR count). The molecule has 10 heteroatoms. The molecule has 0 aromatic heterocycles. The fraction of sp³-hybridized carbons (Fsp3) is 0.412. The van der Waals surface area contributed by atoms with Gasteiger partial charge in [-0.3, -0.25) is 14.5 Å². The van der Waals surface area contributed by atoms with Gasteiger partial charge in [-0.05, 0) is 107 Å². The van der Waals surface area contributed by atoms with Crippen molar-refractivity contribution >= 4 is 35.0 Å². The second kappa shape index (κ2) is 14.8. The lowest BCUT2D eigenvalue weighted by molar-refractivity contribution is -0.179. The fourth-order valence-electron chi connectivity index (χ4n) is 4.87. The maximum atomic E-state index is 13.2. The first-order valence-electron chi connectivity index (χ1n) is 14.3. The molecule has 0 N–H and O–H groups in total. The van der Waals surface area contributed by atoms with Gasteiger partial charge in [-0.1, -0.05) is 59.6 Å². The summed E-state index contributed by atoms with van der Waals surface area (Å²) in [5.41, 5.74) is 1.84. The number of halogens is 5. The minimum Gasteiger partial charge on any atom is -0.482 e. The van der Waals surface area contributed by atoms with Gasteiger partial charge in [-0.25, -0.2) is 0 Å². The molecule has 238 valence electrons. The molecule has 0 amide bonds. The van der Waals surface area contributed by atoms with Crippen molar-refractivity contribution in [2.75, 3.05) is 13.6 Å². The third kappa shape index (κ3) is 9.98. The number of benzene rings is 3. The molecule has 0 saturated carbocycles. The minimum atomic E-state index is -5.10. The Labute approximate surface area is 267 Å². The first-order valence-corrected chi connectivity index (χ1v) is 15.1. The minimum absolute atomic E-state index is 0.107. The van der Waals surface area contributed by atoms with Crippen molar-refractivity contribution in [1.29, 1.82) is 0 Å². The van der Waals surface area contributed by atoms with Crippen molar-refractivity contribution in [3.8, 4) is 5.75 Å². The van der Waals surface area contributed by atoms with Gasteiger partial charge in [0.2, 0.25) is 0 Å². The average Bonchev–Trinajstić information content (AvgIpc) is 2.94. The number of aryl methyl sites for hydroxylation is 1. The molecule has 0 spiro atoms. The van der Waals surface area contributed by atoms with Gasteiger partial charge in [-0.15, -0.1) is 0 Å². The largest absolute Gasteiger partial charge is 0.482 e. The molecule has 1 unspecified atom stereocenters. The summed E-state index contributed by atoms with van der Waals surface area (Å²) in [6, 6.07) is 22.1. The molecule has 0 fully saturated rings. The van der Waals surface area contributed by atoms with Crippen LogP contribution in [-0.2, 0) is 26.3 Å². The maximum Gasteiger partial charge on any atom is 0.453 e. The molecule has 0 radical (unpaired) electrons. The number of alkyl halides is 3. The van der Waals surface area contributed by atoms with Crippen molar-refractivity contribution in [2.24, 2.45) is 0 Å². The standard InChI is InChI=1S/C34H38Cl2F3NO4/c1-32(2,3)44-30(41)21-20-29(31(42)34(37,38)39)43-28-18-8-23(9-19-28)7-6-22-40(5)33(4,24-10-14-26(35)15-11-24)25-12-16-27(36)17-13-25/h8-19,29H,6-7,20-22H2,1-5H3. The van der Waals surface area contributed by atoms with Crippen molar-refractivity contribution in [3.63, 3.8) is 0 Å². The van der Waals surface area contributed by atoms with Gasteiger partial charge < -0.3 is 9.47 Å². The van der Waals surface area contributed by atoms with Crippen molar-refractivity contribution in [1.82, 2.24) is 4.90 Å². The summed E-state index contributed by atoms with van der Waals surface area (Å²) in [4.78, 5) is 26.3. The molecule has 0 aliphatic heterocycles. The van der Waals surface area contributed by atoms with Crippen LogP contribution in [0, 0.1) is 0 Å². The number of rotatable bonds is 13. The highest BCUT2D eigenvalue weighted by atomic mass is 35.5. The molecular formula is C34H38Cl2F3NO4. The van der Waals surface area contributed by atoms with E-state index in [-0.39, 0.29) is 12.2 Å². The molecule has 1 atom stereocenters. The zero-order valence-corrected chi connectivity index (χ0v) is 27.0. The predicted octanol–water partition coefficient (Wildman–Crippen LogP) is 8.82. The fourth-order valence-corrected chi connectivity index (χ4v) is 5.12. The molecule has 0 bridgehead atoms. The second-order valence-corrected chi connectivity index (χ2v) is 12.7. The van der Waals surface area contributed by atoms with Gasteiger partial charge in [0.05, 0.1) is 5.54 Å². The molecule has 3 aromatic carbocycles. The smallest absolute Gasteiger partial charge is 0.453 e. The Bertz CT molecular complexity index is 1340. The van der Waals surface area contributed by atoms with Crippen LogP contribution in [0.5, 0.6) is 5.75 Å². The Hall–Kier alpha value is -3.07. The third-order valence-electron chi connectivity index (χ3n) is 7.34. The molecule has 0 aliphatic rings. The van der Waals surface area contributed by atoms with E-state index in [4.69, 9.17) is 32.7 Å². The van der Waals surface area contributed by atoms with Crippen molar-refractivity contribution < 1.29 is 32.2 Å². The number of Topliss-reactive ketones (excluding diaryl/α,β-unsaturated/α-hetero) is 1. The van der Waals surface area contributed by atoms with E-state index < -0.39 is 41.6 Å². The van der Waals surface area contributed by atoms with Gasteiger partial charge in [0.15, 0.2) is 6.10 Å². The Morgan fingerprint density at radius 2 is 1.32 bits per heavy atom. The highest BCUT2D eigenvalue weighted by molar-refractivity contribution is 6.30. The van der Waals surface area contributed by atoms with E-state index >= 15 is 0 Å². The van der Waals surface area contributed by atoms with Crippen LogP contribution >= 0.6 is 23.2 Å². The first kappa shape index (κ1) is 35.4. The Balaban J connectivity index is 1.66. The SMILES string of the molecule is CN(CCCc1ccc(OC(CCC(=O)OC(C)(C)C)C(=O)C(F)(F)F)cc1)C(C)(c1ccc(Cl)cc1)c1ccc(Cl)cc1. The van der Waals surface area contributed by atoms with E-state index in [2.05, 4.69) is 18.9 Å². The quantitative estimate of drug-likeness (QED) is 0.173. The number of carbonyl (C=O) groups is 2. The van der Waals surface area contributed by atoms with Gasteiger partial charge in [0.25, 0.3) is 5.78 Å². The Morgan fingerprint density at radius 3 is 1.77 bits per heavy atom. The first-order chi connectivity index (χ1) is 20.5. The lowest BCUT2D eigenvalue weighted by Crippen LogP contribution is -2.42. The van der Waals surface area contributed by atoms with Crippen LogP contribution in [0.4, 0.5) is 13.2 Å². The monoisotopic (exact) mass is 651 g/mol. The highest BCUT2D eigenvalue weighted by Gasteiger charge is 2.45. The zero-order valence-electron chi connectivity index (χ0n) is 25.5. The Kier molecular flexibility index (Phi) is 11.9. The Morgan fingerprint density at radius 1 is 0.818 bits per heavy atom. The number of hydrogen-bond acceptors (Lipinski definition) is 5. The molecule has 44 heavy (non-hydrogen) atoms. The van der Waals surface area contributed by atoms with Crippen LogP contribution in [0.2, 0.25) is 10.0 Å². The van der Waals surface area contributed by atoms with Gasteiger partial charge in [0, 0.05) is 22.9 Å². The molecule has 0 saturated heterocycles. The van der Waals surface area contributed by atoms with Crippen LogP contribution in [0.15, 0.2) is 72.8 Å². The lowest BCUT2D eigenvalue weighted by atomic mass is 9.83. The van der Waals surface area contributed by atoms with E-state index in [0.29, 0.717) is 16.5 Å². The number of ether oxygens (including phenoxy) is 2. The summed E-state index contributed by atoms with van der Waals surface area (Å²) >= 11 is 12.3. The molecule has 5 nitrogen and oxygen atoms in total.